The molecule has 1 saturated heterocycles. The van der Waals surface area contributed by atoms with Gasteiger partial charge in [-0.25, -0.2) is 0 Å². The van der Waals surface area contributed by atoms with Gasteiger partial charge in [-0.05, 0) is 24.7 Å². The highest BCUT2D eigenvalue weighted by molar-refractivity contribution is 4.87. The molecule has 2 rings (SSSR count). The Bertz CT molecular complexity index is 182. The minimum Gasteiger partial charge on any atom is -0.376 e. The van der Waals surface area contributed by atoms with Crippen LogP contribution in [0.4, 0.5) is 0 Å². The smallest absolute Gasteiger partial charge is 0.105 e. The van der Waals surface area contributed by atoms with Crippen molar-refractivity contribution < 1.29 is 9.47 Å². The summed E-state index contributed by atoms with van der Waals surface area (Å²) in [5.74, 6) is 1.34. The lowest BCUT2D eigenvalue weighted by molar-refractivity contribution is -0.175. The molecular formula is C11H21NO2. The van der Waals surface area contributed by atoms with Crippen LogP contribution in [-0.4, -0.2) is 31.5 Å². The van der Waals surface area contributed by atoms with Crippen molar-refractivity contribution in [3.63, 3.8) is 0 Å². The largest absolute Gasteiger partial charge is 0.376 e. The van der Waals surface area contributed by atoms with E-state index in [4.69, 9.17) is 15.2 Å². The molecule has 2 aliphatic rings. The van der Waals surface area contributed by atoms with Crippen LogP contribution in [0.5, 0.6) is 0 Å². The van der Waals surface area contributed by atoms with Crippen LogP contribution in [0, 0.1) is 11.8 Å². The second-order valence-electron chi connectivity index (χ2n) is 4.98. The zero-order valence-corrected chi connectivity index (χ0v) is 9.11. The molecule has 0 aromatic carbocycles. The lowest BCUT2D eigenvalue weighted by Crippen LogP contribution is -2.51. The third kappa shape index (κ3) is 2.10. The summed E-state index contributed by atoms with van der Waals surface area (Å²) in [5.41, 5.74) is 6.12. The van der Waals surface area contributed by atoms with E-state index >= 15 is 0 Å². The summed E-state index contributed by atoms with van der Waals surface area (Å²) in [4.78, 5) is 0. The van der Waals surface area contributed by atoms with Crippen LogP contribution in [0.15, 0.2) is 0 Å². The summed E-state index contributed by atoms with van der Waals surface area (Å²) in [5, 5.41) is 0. The van der Waals surface area contributed by atoms with E-state index in [9.17, 15) is 0 Å². The Labute approximate surface area is 85.9 Å². The van der Waals surface area contributed by atoms with Gasteiger partial charge in [-0.3, -0.25) is 0 Å². The van der Waals surface area contributed by atoms with Crippen molar-refractivity contribution in [1.29, 1.82) is 0 Å². The Balaban J connectivity index is 1.87. The molecule has 0 spiro atoms. The fraction of sp³-hybridized carbons (Fsp3) is 1.00. The summed E-state index contributed by atoms with van der Waals surface area (Å²) in [6.07, 6.45) is 2.90. The lowest BCUT2D eigenvalue weighted by atomic mass is 9.78. The molecule has 0 bridgehead atoms. The first-order valence-corrected chi connectivity index (χ1v) is 5.65. The quantitative estimate of drug-likeness (QED) is 0.726. The fourth-order valence-electron chi connectivity index (χ4n) is 2.64. The molecule has 1 aliphatic carbocycles. The molecule has 0 aromatic heterocycles. The Morgan fingerprint density at radius 2 is 1.93 bits per heavy atom. The third-order valence-corrected chi connectivity index (χ3v) is 3.39. The monoisotopic (exact) mass is 199 g/mol. The molecule has 0 amide bonds. The fourth-order valence-corrected chi connectivity index (χ4v) is 2.64. The molecular weight excluding hydrogens is 178 g/mol. The average Bonchev–Trinajstić information content (AvgIpc) is 1.98. The first-order valence-electron chi connectivity index (χ1n) is 5.65. The van der Waals surface area contributed by atoms with E-state index in [1.54, 1.807) is 0 Å². The van der Waals surface area contributed by atoms with Crippen LogP contribution in [0.3, 0.4) is 0 Å². The average molecular weight is 199 g/mol. The molecule has 4 unspecified atom stereocenters. The highest BCUT2D eigenvalue weighted by Crippen LogP contribution is 2.31. The van der Waals surface area contributed by atoms with E-state index in [2.05, 4.69) is 13.8 Å². The van der Waals surface area contributed by atoms with Crippen molar-refractivity contribution >= 4 is 0 Å². The zero-order chi connectivity index (χ0) is 10.1. The van der Waals surface area contributed by atoms with Crippen LogP contribution < -0.4 is 5.73 Å². The topological polar surface area (TPSA) is 44.5 Å². The third-order valence-electron chi connectivity index (χ3n) is 3.39. The number of hydrogen-bond acceptors (Lipinski definition) is 3. The van der Waals surface area contributed by atoms with Crippen molar-refractivity contribution in [2.75, 3.05) is 13.2 Å². The SMILES string of the molecule is CC1CC(C)C(OC2COC2)C(N)C1. The van der Waals surface area contributed by atoms with Gasteiger partial charge in [0.1, 0.15) is 6.10 Å². The summed E-state index contributed by atoms with van der Waals surface area (Å²) in [6.45, 7) is 6.04. The van der Waals surface area contributed by atoms with Crippen molar-refractivity contribution in [3.8, 4) is 0 Å². The second-order valence-corrected chi connectivity index (χ2v) is 4.98. The van der Waals surface area contributed by atoms with Crippen molar-refractivity contribution in [2.45, 2.75) is 44.9 Å². The Morgan fingerprint density at radius 3 is 2.43 bits per heavy atom. The molecule has 82 valence electrons. The first kappa shape index (κ1) is 10.4. The predicted molar refractivity (Wildman–Crippen MR) is 55.0 cm³/mol. The molecule has 4 atom stereocenters. The lowest BCUT2D eigenvalue weighted by Gasteiger charge is -2.41. The van der Waals surface area contributed by atoms with E-state index < -0.39 is 0 Å². The van der Waals surface area contributed by atoms with Gasteiger partial charge < -0.3 is 15.2 Å². The molecule has 2 fully saturated rings. The minimum atomic E-state index is 0.217. The van der Waals surface area contributed by atoms with Gasteiger partial charge in [0, 0.05) is 6.04 Å². The van der Waals surface area contributed by atoms with Crippen molar-refractivity contribution in [3.05, 3.63) is 0 Å². The van der Waals surface area contributed by atoms with Crippen LogP contribution in [0.2, 0.25) is 0 Å². The van der Waals surface area contributed by atoms with E-state index in [1.165, 1.54) is 6.42 Å². The maximum Gasteiger partial charge on any atom is 0.105 e. The molecule has 1 heterocycles. The summed E-state index contributed by atoms with van der Waals surface area (Å²) in [7, 11) is 0. The van der Waals surface area contributed by atoms with Gasteiger partial charge in [0.25, 0.3) is 0 Å². The molecule has 0 aromatic rings. The summed E-state index contributed by atoms with van der Waals surface area (Å²) in [6, 6.07) is 0.217. The number of ether oxygens (including phenoxy) is 2. The van der Waals surface area contributed by atoms with Gasteiger partial charge in [0.15, 0.2) is 0 Å². The van der Waals surface area contributed by atoms with E-state index in [0.717, 1.165) is 25.6 Å². The first-order chi connectivity index (χ1) is 6.66. The predicted octanol–water partition coefficient (Wildman–Crippen LogP) is 1.16. The Morgan fingerprint density at radius 1 is 1.21 bits per heavy atom. The van der Waals surface area contributed by atoms with Crippen LogP contribution >= 0.6 is 0 Å². The van der Waals surface area contributed by atoms with Crippen LogP contribution in [0.1, 0.15) is 26.7 Å². The number of rotatable bonds is 2. The van der Waals surface area contributed by atoms with Gasteiger partial charge >= 0.3 is 0 Å². The molecule has 1 saturated carbocycles. The van der Waals surface area contributed by atoms with Crippen LogP contribution in [0.25, 0.3) is 0 Å². The Kier molecular flexibility index (Phi) is 3.10. The molecule has 0 radical (unpaired) electrons. The zero-order valence-electron chi connectivity index (χ0n) is 9.11. The maximum atomic E-state index is 6.12. The summed E-state index contributed by atoms with van der Waals surface area (Å²) < 4.78 is 11.1. The molecule has 2 N–H and O–H groups in total. The van der Waals surface area contributed by atoms with Crippen molar-refractivity contribution in [1.82, 2.24) is 0 Å². The molecule has 14 heavy (non-hydrogen) atoms. The maximum absolute atomic E-state index is 6.12. The standard InChI is InChI=1S/C11H21NO2/c1-7-3-8(2)11(10(12)4-7)14-9-5-13-6-9/h7-11H,3-6,12H2,1-2H3. The van der Waals surface area contributed by atoms with Crippen LogP contribution in [-0.2, 0) is 9.47 Å². The highest BCUT2D eigenvalue weighted by atomic mass is 16.6. The van der Waals surface area contributed by atoms with Gasteiger partial charge in [-0.1, -0.05) is 13.8 Å². The highest BCUT2D eigenvalue weighted by Gasteiger charge is 2.35. The molecule has 3 nitrogen and oxygen atoms in total. The van der Waals surface area contributed by atoms with E-state index in [0.29, 0.717) is 12.0 Å². The summed E-state index contributed by atoms with van der Waals surface area (Å²) >= 11 is 0. The molecule has 3 heteroatoms. The normalized spacial score (nSPS) is 44.8. The van der Waals surface area contributed by atoms with Gasteiger partial charge in [0.2, 0.25) is 0 Å². The Hall–Kier alpha value is -0.120. The number of hydrogen-bond donors (Lipinski definition) is 1. The van der Waals surface area contributed by atoms with Gasteiger partial charge in [-0.15, -0.1) is 0 Å². The number of nitrogens with two attached hydrogens (primary N) is 1. The molecule has 1 aliphatic heterocycles. The van der Waals surface area contributed by atoms with E-state index in [-0.39, 0.29) is 12.1 Å². The van der Waals surface area contributed by atoms with Crippen molar-refractivity contribution in [2.24, 2.45) is 17.6 Å². The van der Waals surface area contributed by atoms with Gasteiger partial charge in [-0.2, -0.15) is 0 Å². The van der Waals surface area contributed by atoms with Gasteiger partial charge in [0.05, 0.1) is 19.3 Å². The van der Waals surface area contributed by atoms with E-state index in [1.807, 2.05) is 0 Å². The minimum absolute atomic E-state index is 0.217. The second kappa shape index (κ2) is 4.17.